The molecule has 10 aromatic carbocycles. The topological polar surface area (TPSA) is 21.3 Å². The van der Waals surface area contributed by atoms with Gasteiger partial charge in [0.05, 0.1) is 28.1 Å². The van der Waals surface area contributed by atoms with Crippen molar-refractivity contribution in [1.29, 1.82) is 0 Å². The zero-order valence-corrected chi connectivity index (χ0v) is 37.3. The lowest BCUT2D eigenvalue weighted by atomic mass is 9.80. The molecule has 1 saturated carbocycles. The SMILES string of the molecule is c1ccc(-n2c3ccccc3c3cc(-c4ccccc4N(c4ccccc4-c4ccc5c(c4)oc4ccccc45)c4ccccc4-c4cccc5cccc(C6CCCCC6)c45)ccc32)cc1. The van der Waals surface area contributed by atoms with Crippen LogP contribution in [0.1, 0.15) is 43.6 Å². The fourth-order valence-corrected chi connectivity index (χ4v) is 11.3. The molecule has 3 nitrogen and oxygen atoms in total. The maximum Gasteiger partial charge on any atom is 0.136 e. The van der Waals surface area contributed by atoms with Crippen molar-refractivity contribution in [3.63, 3.8) is 0 Å². The van der Waals surface area contributed by atoms with Gasteiger partial charge < -0.3 is 13.9 Å². The van der Waals surface area contributed by atoms with Crippen molar-refractivity contribution in [3.05, 3.63) is 230 Å². The van der Waals surface area contributed by atoms with Crippen LogP contribution in [0.15, 0.2) is 229 Å². The van der Waals surface area contributed by atoms with E-state index in [9.17, 15) is 0 Å². The van der Waals surface area contributed by atoms with Gasteiger partial charge in [-0.05, 0) is 119 Å². The molecule has 0 amide bonds. The maximum atomic E-state index is 6.52. The summed E-state index contributed by atoms with van der Waals surface area (Å²) in [7, 11) is 0. The highest BCUT2D eigenvalue weighted by molar-refractivity contribution is 6.12. The second-order valence-electron chi connectivity index (χ2n) is 18.2. The lowest BCUT2D eigenvalue weighted by Crippen LogP contribution is -2.14. The van der Waals surface area contributed by atoms with Crippen molar-refractivity contribution in [2.45, 2.75) is 38.0 Å². The van der Waals surface area contributed by atoms with E-state index in [-0.39, 0.29) is 0 Å². The molecule has 0 N–H and O–H groups in total. The molecule has 0 radical (unpaired) electrons. The second-order valence-corrected chi connectivity index (χ2v) is 18.2. The van der Waals surface area contributed by atoms with Crippen LogP contribution < -0.4 is 4.90 Å². The first-order valence-corrected chi connectivity index (χ1v) is 23.9. The Morgan fingerprint density at radius 3 is 1.73 bits per heavy atom. The second kappa shape index (κ2) is 16.4. The summed E-state index contributed by atoms with van der Waals surface area (Å²) < 4.78 is 8.91. The van der Waals surface area contributed by atoms with Gasteiger partial charge in [0.15, 0.2) is 0 Å². The summed E-state index contributed by atoms with van der Waals surface area (Å²) in [5.41, 5.74) is 17.1. The normalized spacial score (nSPS) is 13.3. The number of anilines is 3. The highest BCUT2D eigenvalue weighted by Crippen LogP contribution is 2.50. The number of benzene rings is 10. The van der Waals surface area contributed by atoms with Gasteiger partial charge in [0, 0.05) is 43.9 Å². The highest BCUT2D eigenvalue weighted by atomic mass is 16.3. The van der Waals surface area contributed by atoms with Crippen LogP contribution in [-0.2, 0) is 0 Å². The number of rotatable bonds is 8. The summed E-state index contributed by atoms with van der Waals surface area (Å²) in [6, 6.07) is 82.4. The molecule has 13 rings (SSSR count). The lowest BCUT2D eigenvalue weighted by molar-refractivity contribution is 0.445. The Morgan fingerprint density at radius 2 is 0.955 bits per heavy atom. The zero-order valence-electron chi connectivity index (χ0n) is 37.3. The molecule has 67 heavy (non-hydrogen) atoms. The van der Waals surface area contributed by atoms with Crippen LogP contribution in [0.25, 0.3) is 93.6 Å². The maximum absolute atomic E-state index is 6.52. The van der Waals surface area contributed by atoms with Crippen molar-refractivity contribution in [2.24, 2.45) is 0 Å². The van der Waals surface area contributed by atoms with Gasteiger partial charge in [-0.25, -0.2) is 0 Å². The van der Waals surface area contributed by atoms with E-state index >= 15 is 0 Å². The van der Waals surface area contributed by atoms with E-state index in [1.165, 1.54) is 81.4 Å². The largest absolute Gasteiger partial charge is 0.456 e. The van der Waals surface area contributed by atoms with E-state index in [0.29, 0.717) is 5.92 Å². The molecule has 0 bridgehead atoms. The summed E-state index contributed by atoms with van der Waals surface area (Å²) in [6.07, 6.45) is 6.40. The zero-order chi connectivity index (χ0) is 44.3. The van der Waals surface area contributed by atoms with Crippen molar-refractivity contribution < 1.29 is 4.42 Å². The first kappa shape index (κ1) is 39.2. The van der Waals surface area contributed by atoms with Crippen LogP contribution in [0.4, 0.5) is 17.1 Å². The van der Waals surface area contributed by atoms with Crippen LogP contribution in [0.5, 0.6) is 0 Å². The van der Waals surface area contributed by atoms with Crippen molar-refractivity contribution in [1.82, 2.24) is 4.57 Å². The first-order chi connectivity index (χ1) is 33.3. The Bertz CT molecular complexity index is 3810. The van der Waals surface area contributed by atoms with E-state index in [1.54, 1.807) is 0 Å². The van der Waals surface area contributed by atoms with Crippen molar-refractivity contribution in [3.8, 4) is 39.1 Å². The number of para-hydroxylation sites is 6. The van der Waals surface area contributed by atoms with Crippen LogP contribution in [-0.4, -0.2) is 4.57 Å². The average molecular weight is 861 g/mol. The predicted octanol–water partition coefficient (Wildman–Crippen LogP) is 18.4. The molecule has 2 aromatic heterocycles. The van der Waals surface area contributed by atoms with Gasteiger partial charge in [-0.1, -0.05) is 177 Å². The van der Waals surface area contributed by atoms with E-state index < -0.39 is 0 Å². The summed E-state index contributed by atoms with van der Waals surface area (Å²) >= 11 is 0. The molecule has 0 saturated heterocycles. The number of hydrogen-bond acceptors (Lipinski definition) is 2. The van der Waals surface area contributed by atoms with Gasteiger partial charge >= 0.3 is 0 Å². The summed E-state index contributed by atoms with van der Waals surface area (Å²) in [5, 5.41) is 7.39. The molecule has 12 aromatic rings. The van der Waals surface area contributed by atoms with Gasteiger partial charge in [0.1, 0.15) is 11.2 Å². The third-order valence-corrected chi connectivity index (χ3v) is 14.4. The quantitative estimate of drug-likeness (QED) is 0.152. The van der Waals surface area contributed by atoms with Gasteiger partial charge in [-0.2, -0.15) is 0 Å². The minimum atomic E-state index is 0.555. The van der Waals surface area contributed by atoms with Gasteiger partial charge in [-0.3, -0.25) is 0 Å². The van der Waals surface area contributed by atoms with E-state index in [0.717, 1.165) is 66.9 Å². The molecule has 0 aliphatic heterocycles. The minimum Gasteiger partial charge on any atom is -0.456 e. The molecule has 1 aliphatic carbocycles. The molecule has 3 heteroatoms. The highest BCUT2D eigenvalue weighted by Gasteiger charge is 2.26. The smallest absolute Gasteiger partial charge is 0.136 e. The number of furan rings is 1. The fraction of sp³-hybridized carbons (Fsp3) is 0.0938. The molecule has 1 fully saturated rings. The van der Waals surface area contributed by atoms with Gasteiger partial charge in [0.2, 0.25) is 0 Å². The Kier molecular flexibility index (Phi) is 9.60. The van der Waals surface area contributed by atoms with E-state index in [2.05, 4.69) is 228 Å². The van der Waals surface area contributed by atoms with Gasteiger partial charge in [0.25, 0.3) is 0 Å². The molecule has 0 spiro atoms. The van der Waals surface area contributed by atoms with Crippen LogP contribution in [0, 0.1) is 0 Å². The average Bonchev–Trinajstić information content (AvgIpc) is 3.94. The first-order valence-electron chi connectivity index (χ1n) is 23.9. The predicted molar refractivity (Wildman–Crippen MR) is 282 cm³/mol. The van der Waals surface area contributed by atoms with Crippen molar-refractivity contribution in [2.75, 3.05) is 4.90 Å². The molecule has 1 aliphatic rings. The van der Waals surface area contributed by atoms with Crippen LogP contribution in [0.3, 0.4) is 0 Å². The summed E-state index contributed by atoms with van der Waals surface area (Å²) in [5.74, 6) is 0.555. The standard InChI is InChI=1S/C64H48N2O/c1-3-19-43(20-4-1)50-30-17-21-44-22-18-31-55(64(44)50)51-27-9-15-35-60(51)66(58-33-13-8-26-49(58)46-37-39-54-53-29-11-16-36-62(53)67-63(54)42-46)57-32-12-7-25-48(57)45-38-40-61-56(41-45)52-28-10-14-34-59(52)65(61)47-23-5-2-6-24-47/h2,5-18,21-43H,1,3-4,19-20H2. The van der Waals surface area contributed by atoms with Crippen molar-refractivity contribution >= 4 is 71.6 Å². The monoisotopic (exact) mass is 860 g/mol. The summed E-state index contributed by atoms with van der Waals surface area (Å²) in [6.45, 7) is 0. The van der Waals surface area contributed by atoms with Crippen LogP contribution >= 0.6 is 0 Å². The summed E-state index contributed by atoms with van der Waals surface area (Å²) in [4.78, 5) is 2.53. The molecule has 320 valence electrons. The van der Waals surface area contributed by atoms with Crippen LogP contribution in [0.2, 0.25) is 0 Å². The number of nitrogens with zero attached hydrogens (tertiary/aromatic N) is 2. The Hall–Kier alpha value is -8.14. The molecule has 0 unspecified atom stereocenters. The molecular formula is C64H48N2O. The third kappa shape index (κ3) is 6.64. The molecule has 2 heterocycles. The molecule has 0 atom stereocenters. The molecular weight excluding hydrogens is 813 g/mol. The number of hydrogen-bond donors (Lipinski definition) is 0. The number of aromatic nitrogens is 1. The minimum absolute atomic E-state index is 0.555. The third-order valence-electron chi connectivity index (χ3n) is 14.4. The van der Waals surface area contributed by atoms with Gasteiger partial charge in [-0.15, -0.1) is 0 Å². The Morgan fingerprint density at radius 1 is 0.388 bits per heavy atom. The number of fused-ring (bicyclic) bond motifs is 7. The Labute approximate surface area is 390 Å². The Balaban J connectivity index is 1.06. The lowest BCUT2D eigenvalue weighted by Gasteiger charge is -2.32. The van der Waals surface area contributed by atoms with E-state index in [1.807, 2.05) is 6.07 Å². The fourth-order valence-electron chi connectivity index (χ4n) is 11.3. The van der Waals surface area contributed by atoms with E-state index in [4.69, 9.17) is 4.42 Å².